The number of aliphatic hydroxyl groups excluding tert-OH is 2. The number of aromatic nitrogens is 2. The molecule has 0 amide bonds. The Morgan fingerprint density at radius 2 is 2.24 bits per heavy atom. The Morgan fingerprint density at radius 3 is 3.00 bits per heavy atom. The summed E-state index contributed by atoms with van der Waals surface area (Å²) in [5.41, 5.74) is 0.874. The number of ether oxygens (including phenoxy) is 1. The number of hydrogen-bond acceptors (Lipinski definition) is 5. The number of aliphatic hydroxyl groups is 2. The lowest BCUT2D eigenvalue weighted by molar-refractivity contribution is 0.0854. The highest BCUT2D eigenvalue weighted by atomic mass is 16.5. The number of nitrogens with zero attached hydrogens (tertiary/aromatic N) is 2. The molecule has 6 nitrogen and oxygen atoms in total. The van der Waals surface area contributed by atoms with Crippen LogP contribution in [-0.2, 0) is 11.3 Å². The molecule has 6 heteroatoms. The zero-order valence-electron chi connectivity index (χ0n) is 9.59. The largest absolute Gasteiger partial charge is 0.394 e. The molecule has 0 aliphatic heterocycles. The van der Waals surface area contributed by atoms with Crippen molar-refractivity contribution >= 4 is 5.69 Å². The van der Waals surface area contributed by atoms with E-state index in [2.05, 4.69) is 22.3 Å². The van der Waals surface area contributed by atoms with Gasteiger partial charge in [-0.3, -0.25) is 4.68 Å². The van der Waals surface area contributed by atoms with Crippen molar-refractivity contribution in [2.75, 3.05) is 38.3 Å². The van der Waals surface area contributed by atoms with Gasteiger partial charge in [0, 0.05) is 6.20 Å². The Kier molecular flexibility index (Phi) is 6.82. The maximum Gasteiger partial charge on any atom is 0.104 e. The van der Waals surface area contributed by atoms with Crippen LogP contribution in [-0.4, -0.2) is 53.0 Å². The number of anilines is 1. The van der Waals surface area contributed by atoms with Crippen molar-refractivity contribution in [1.82, 2.24) is 9.78 Å². The Hall–Kier alpha value is -1.55. The van der Waals surface area contributed by atoms with E-state index in [1.807, 2.05) is 6.20 Å². The molecule has 0 atom stereocenters. The molecule has 1 aromatic rings. The first-order valence-electron chi connectivity index (χ1n) is 5.38. The highest BCUT2D eigenvalue weighted by Gasteiger charge is 1.96. The summed E-state index contributed by atoms with van der Waals surface area (Å²) in [6, 6.07) is 0. The Morgan fingerprint density at radius 1 is 1.35 bits per heavy atom. The first-order valence-corrected chi connectivity index (χ1v) is 5.38. The van der Waals surface area contributed by atoms with Gasteiger partial charge in [-0.05, 0) is 0 Å². The minimum Gasteiger partial charge on any atom is -0.394 e. The molecular weight excluding hydrogens is 222 g/mol. The molecule has 1 heterocycles. The van der Waals surface area contributed by atoms with Gasteiger partial charge < -0.3 is 20.3 Å². The van der Waals surface area contributed by atoms with Gasteiger partial charge in [-0.2, -0.15) is 5.10 Å². The van der Waals surface area contributed by atoms with Crippen LogP contribution < -0.4 is 5.32 Å². The Labute approximate surface area is 100 Å². The summed E-state index contributed by atoms with van der Waals surface area (Å²) in [4.78, 5) is 0. The van der Waals surface area contributed by atoms with Crippen molar-refractivity contribution in [1.29, 1.82) is 0 Å². The first kappa shape index (κ1) is 13.5. The maximum atomic E-state index is 8.52. The fourth-order valence-corrected chi connectivity index (χ4v) is 1.17. The van der Waals surface area contributed by atoms with Crippen molar-refractivity contribution in [2.24, 2.45) is 0 Å². The maximum absolute atomic E-state index is 8.52. The van der Waals surface area contributed by atoms with Crippen LogP contribution in [0.3, 0.4) is 0 Å². The highest BCUT2D eigenvalue weighted by molar-refractivity contribution is 5.39. The summed E-state index contributed by atoms with van der Waals surface area (Å²) in [7, 11) is 0. The molecule has 17 heavy (non-hydrogen) atoms. The highest BCUT2D eigenvalue weighted by Crippen LogP contribution is 2.03. The van der Waals surface area contributed by atoms with Crippen LogP contribution in [0.1, 0.15) is 0 Å². The predicted octanol–water partition coefficient (Wildman–Crippen LogP) is -0.700. The van der Waals surface area contributed by atoms with Crippen molar-refractivity contribution in [2.45, 2.75) is 6.54 Å². The minimum atomic E-state index is -0.122. The average Bonchev–Trinajstić information content (AvgIpc) is 2.78. The van der Waals surface area contributed by atoms with E-state index >= 15 is 0 Å². The molecule has 0 unspecified atom stereocenters. The fourth-order valence-electron chi connectivity index (χ4n) is 1.17. The minimum absolute atomic E-state index is 0.0371. The van der Waals surface area contributed by atoms with Gasteiger partial charge in [0.1, 0.15) is 6.61 Å². The van der Waals surface area contributed by atoms with E-state index in [1.165, 1.54) is 0 Å². The first-order chi connectivity index (χ1) is 8.36. The van der Waals surface area contributed by atoms with E-state index in [9.17, 15) is 0 Å². The second kappa shape index (κ2) is 8.58. The molecule has 0 bridgehead atoms. The van der Waals surface area contributed by atoms with Crippen molar-refractivity contribution in [3.05, 3.63) is 12.4 Å². The quantitative estimate of drug-likeness (QED) is 0.433. The topological polar surface area (TPSA) is 79.5 Å². The molecule has 0 aliphatic carbocycles. The van der Waals surface area contributed by atoms with Crippen molar-refractivity contribution in [3.63, 3.8) is 0 Å². The van der Waals surface area contributed by atoms with Crippen LogP contribution in [0, 0.1) is 11.8 Å². The van der Waals surface area contributed by atoms with Crippen LogP contribution >= 0.6 is 0 Å². The fraction of sp³-hybridized carbons (Fsp3) is 0.545. The zero-order valence-corrected chi connectivity index (χ0v) is 9.59. The third kappa shape index (κ3) is 5.92. The third-order valence-corrected chi connectivity index (χ3v) is 1.92. The Balaban J connectivity index is 2.22. The molecule has 1 aromatic heterocycles. The SMILES string of the molecule is OCC#CCNc1cnn(CCOCCO)c1. The standard InChI is InChI=1S/C11H17N3O3/c15-5-2-1-3-12-11-9-13-14(10-11)4-7-17-8-6-16/h9-10,12,15-16H,3-8H2. The summed E-state index contributed by atoms with van der Waals surface area (Å²) in [5.74, 6) is 5.30. The smallest absolute Gasteiger partial charge is 0.104 e. The Bertz CT molecular complexity index is 368. The summed E-state index contributed by atoms with van der Waals surface area (Å²) >= 11 is 0. The summed E-state index contributed by atoms with van der Waals surface area (Å²) in [5, 5.41) is 24.2. The second-order valence-corrected chi connectivity index (χ2v) is 3.19. The van der Waals surface area contributed by atoms with Crippen LogP contribution in [0.2, 0.25) is 0 Å². The van der Waals surface area contributed by atoms with Gasteiger partial charge >= 0.3 is 0 Å². The number of rotatable bonds is 7. The van der Waals surface area contributed by atoms with Crippen molar-refractivity contribution in [3.8, 4) is 11.8 Å². The molecule has 0 aromatic carbocycles. The van der Waals surface area contributed by atoms with E-state index < -0.39 is 0 Å². The van der Waals surface area contributed by atoms with Crippen LogP contribution in [0.5, 0.6) is 0 Å². The normalized spacial score (nSPS) is 9.76. The van der Waals surface area contributed by atoms with Gasteiger partial charge in [0.25, 0.3) is 0 Å². The van der Waals surface area contributed by atoms with Gasteiger partial charge in [0.05, 0.1) is 44.8 Å². The molecule has 0 radical (unpaired) electrons. The van der Waals surface area contributed by atoms with Crippen LogP contribution in [0.25, 0.3) is 0 Å². The van der Waals surface area contributed by atoms with E-state index in [0.717, 1.165) is 5.69 Å². The molecule has 1 rings (SSSR count). The predicted molar refractivity (Wildman–Crippen MR) is 63.5 cm³/mol. The van der Waals surface area contributed by atoms with E-state index in [4.69, 9.17) is 14.9 Å². The molecule has 3 N–H and O–H groups in total. The molecule has 94 valence electrons. The monoisotopic (exact) mass is 239 g/mol. The zero-order chi connectivity index (χ0) is 12.3. The molecule has 0 fully saturated rings. The lowest BCUT2D eigenvalue weighted by Crippen LogP contribution is -2.08. The van der Waals surface area contributed by atoms with E-state index in [-0.39, 0.29) is 13.2 Å². The van der Waals surface area contributed by atoms with Gasteiger partial charge in [0.15, 0.2) is 0 Å². The van der Waals surface area contributed by atoms with Crippen LogP contribution in [0.15, 0.2) is 12.4 Å². The lowest BCUT2D eigenvalue weighted by Gasteiger charge is -2.02. The molecule has 0 spiro atoms. The third-order valence-electron chi connectivity index (χ3n) is 1.92. The van der Waals surface area contributed by atoms with E-state index in [1.54, 1.807) is 10.9 Å². The molecule has 0 saturated carbocycles. The van der Waals surface area contributed by atoms with Gasteiger partial charge in [-0.15, -0.1) is 0 Å². The molecular formula is C11H17N3O3. The van der Waals surface area contributed by atoms with Gasteiger partial charge in [-0.1, -0.05) is 11.8 Å². The average molecular weight is 239 g/mol. The molecule has 0 saturated heterocycles. The van der Waals surface area contributed by atoms with Gasteiger partial charge in [0.2, 0.25) is 0 Å². The molecule has 0 aliphatic rings. The number of nitrogens with one attached hydrogen (secondary N) is 1. The van der Waals surface area contributed by atoms with Crippen LogP contribution in [0.4, 0.5) is 5.69 Å². The van der Waals surface area contributed by atoms with Gasteiger partial charge in [-0.25, -0.2) is 0 Å². The van der Waals surface area contributed by atoms with E-state index in [0.29, 0.717) is 26.3 Å². The van der Waals surface area contributed by atoms with Crippen molar-refractivity contribution < 1.29 is 14.9 Å². The summed E-state index contributed by atoms with van der Waals surface area (Å²) in [6.07, 6.45) is 3.55. The number of hydrogen-bond donors (Lipinski definition) is 3. The summed E-state index contributed by atoms with van der Waals surface area (Å²) < 4.78 is 6.88. The lowest BCUT2D eigenvalue weighted by atomic mass is 10.5. The second-order valence-electron chi connectivity index (χ2n) is 3.19. The summed E-state index contributed by atoms with van der Waals surface area (Å²) in [6.45, 7) is 1.91.